The standard InChI is InChI=1S/C16H18Cl2FN5O2.C9H18N2O2.C7HCl3FN3/c1-16(2,3)26-15(25)24-6-4-23(5-7-24)13-9-8-20-12(17)10(19)11(9)21-14(18)22-13;1-9(2,3)13-8(12)11-6-4-10-5-7-11;8-5-2-1-12-6(9)3(11)4(2)13-7(10)14-5/h8H,4-7H2,1-3H3;10H,4-7H2,1-3H3;1H. The lowest BCUT2D eigenvalue weighted by Crippen LogP contribution is -2.50. The van der Waals surface area contributed by atoms with Gasteiger partial charge < -0.3 is 29.5 Å². The highest BCUT2D eigenvalue weighted by molar-refractivity contribution is 6.36. The third-order valence-corrected chi connectivity index (χ3v) is 8.31. The molecule has 53 heavy (non-hydrogen) atoms. The van der Waals surface area contributed by atoms with Gasteiger partial charge in [-0.2, -0.15) is 4.98 Å². The van der Waals surface area contributed by atoms with Crippen LogP contribution in [0.25, 0.3) is 21.8 Å². The molecule has 6 heterocycles. The van der Waals surface area contributed by atoms with Gasteiger partial charge in [-0.15, -0.1) is 0 Å². The summed E-state index contributed by atoms with van der Waals surface area (Å²) in [6.45, 7) is 16.2. The maximum absolute atomic E-state index is 14.2. The van der Waals surface area contributed by atoms with Crippen LogP contribution in [0.5, 0.6) is 0 Å². The molecule has 6 rings (SSSR count). The summed E-state index contributed by atoms with van der Waals surface area (Å²) in [4.78, 5) is 51.8. The smallest absolute Gasteiger partial charge is 0.410 e. The SMILES string of the molecule is CC(C)(C)OC(=O)N1CCN(c2nc(Cl)nc3c(F)c(Cl)ncc23)CC1.CC(C)(C)OC(=O)N1CCNCC1.Fc1c(Cl)ncc2c(Cl)nc(Cl)nc12. The first-order valence-electron chi connectivity index (χ1n) is 16.2. The molecule has 0 unspecified atom stereocenters. The Bertz CT molecular complexity index is 1960. The molecule has 0 atom stereocenters. The molecule has 2 aliphatic rings. The van der Waals surface area contributed by atoms with Crippen LogP contribution in [-0.4, -0.2) is 115 Å². The van der Waals surface area contributed by atoms with Gasteiger partial charge in [0.1, 0.15) is 33.2 Å². The highest BCUT2D eigenvalue weighted by Gasteiger charge is 2.28. The molecule has 4 aromatic rings. The molecule has 288 valence electrons. The van der Waals surface area contributed by atoms with E-state index in [1.807, 2.05) is 46.4 Å². The zero-order valence-corrected chi connectivity index (χ0v) is 33.4. The summed E-state index contributed by atoms with van der Waals surface area (Å²) >= 11 is 28.4. The molecule has 21 heteroatoms. The predicted octanol–water partition coefficient (Wildman–Crippen LogP) is 7.48. The number of anilines is 1. The molecule has 0 aromatic carbocycles. The number of ether oxygens (including phenoxy) is 2. The van der Waals surface area contributed by atoms with Gasteiger partial charge in [0.05, 0.1) is 10.8 Å². The summed E-state index contributed by atoms with van der Waals surface area (Å²) < 4.78 is 38.2. The number of carbonyl (C=O) groups excluding carboxylic acids is 2. The summed E-state index contributed by atoms with van der Waals surface area (Å²) in [5, 5.41) is 3.16. The maximum Gasteiger partial charge on any atom is 0.410 e. The van der Waals surface area contributed by atoms with E-state index in [4.69, 9.17) is 67.5 Å². The zero-order chi connectivity index (χ0) is 39.2. The molecule has 2 amide bonds. The highest BCUT2D eigenvalue weighted by atomic mass is 35.5. The minimum absolute atomic E-state index is 0.0228. The minimum Gasteiger partial charge on any atom is -0.444 e. The summed E-state index contributed by atoms with van der Waals surface area (Å²) in [5.41, 5.74) is -0.945. The number of nitrogens with one attached hydrogen (secondary N) is 1. The number of rotatable bonds is 1. The quantitative estimate of drug-likeness (QED) is 0.115. The average molecular weight is 841 g/mol. The number of amides is 2. The molecule has 0 aliphatic carbocycles. The number of hydrogen-bond donors (Lipinski definition) is 1. The molecular weight excluding hydrogens is 804 g/mol. The second kappa shape index (κ2) is 17.8. The number of nitrogens with zero attached hydrogens (tertiary/aromatic N) is 9. The van der Waals surface area contributed by atoms with Crippen molar-refractivity contribution in [3.05, 3.63) is 50.1 Å². The van der Waals surface area contributed by atoms with Crippen LogP contribution < -0.4 is 10.2 Å². The third-order valence-electron chi connectivity index (χ3n) is 7.16. The fraction of sp³-hybridized carbons (Fsp3) is 0.500. The Morgan fingerprint density at radius 3 is 1.57 bits per heavy atom. The van der Waals surface area contributed by atoms with E-state index >= 15 is 0 Å². The van der Waals surface area contributed by atoms with E-state index in [9.17, 15) is 18.4 Å². The normalized spacial score (nSPS) is 15.0. The second-order valence-corrected chi connectivity index (χ2v) is 15.3. The van der Waals surface area contributed by atoms with Crippen molar-refractivity contribution in [2.24, 2.45) is 0 Å². The molecule has 4 aromatic heterocycles. The van der Waals surface area contributed by atoms with Crippen molar-refractivity contribution in [3.8, 4) is 0 Å². The van der Waals surface area contributed by atoms with E-state index in [1.165, 1.54) is 12.4 Å². The van der Waals surface area contributed by atoms with Crippen molar-refractivity contribution >= 4 is 97.8 Å². The van der Waals surface area contributed by atoms with Crippen molar-refractivity contribution in [2.75, 3.05) is 57.3 Å². The van der Waals surface area contributed by atoms with Gasteiger partial charge in [-0.25, -0.2) is 43.3 Å². The number of fused-ring (bicyclic) bond motifs is 2. The average Bonchev–Trinajstić information content (AvgIpc) is 3.08. The Morgan fingerprint density at radius 1 is 0.642 bits per heavy atom. The van der Waals surface area contributed by atoms with Gasteiger partial charge in [0.2, 0.25) is 10.6 Å². The van der Waals surface area contributed by atoms with Gasteiger partial charge >= 0.3 is 12.2 Å². The molecule has 2 fully saturated rings. The van der Waals surface area contributed by atoms with Gasteiger partial charge in [-0.3, -0.25) is 0 Å². The number of halogens is 7. The summed E-state index contributed by atoms with van der Waals surface area (Å²) in [7, 11) is 0. The molecule has 1 N–H and O–H groups in total. The topological polar surface area (TPSA) is 152 Å². The molecule has 2 saturated heterocycles. The molecule has 0 bridgehead atoms. The largest absolute Gasteiger partial charge is 0.444 e. The zero-order valence-electron chi connectivity index (χ0n) is 29.6. The first-order valence-corrected chi connectivity index (χ1v) is 18.0. The van der Waals surface area contributed by atoms with Gasteiger partial charge in [-0.05, 0) is 64.7 Å². The minimum atomic E-state index is -0.754. The lowest BCUT2D eigenvalue weighted by Gasteiger charge is -2.36. The van der Waals surface area contributed by atoms with E-state index in [1.54, 1.807) is 9.80 Å². The van der Waals surface area contributed by atoms with Crippen LogP contribution in [0.3, 0.4) is 0 Å². The Hall–Kier alpha value is -3.41. The summed E-state index contributed by atoms with van der Waals surface area (Å²) in [6.07, 6.45) is 2.16. The number of hydrogen-bond acceptors (Lipinski definition) is 12. The van der Waals surface area contributed by atoms with Crippen molar-refractivity contribution in [1.29, 1.82) is 0 Å². The number of aromatic nitrogens is 6. The highest BCUT2D eigenvalue weighted by Crippen LogP contribution is 2.30. The predicted molar refractivity (Wildman–Crippen MR) is 200 cm³/mol. The van der Waals surface area contributed by atoms with Crippen LogP contribution in [0.1, 0.15) is 41.5 Å². The van der Waals surface area contributed by atoms with Crippen LogP contribution in [0, 0.1) is 11.6 Å². The van der Waals surface area contributed by atoms with Crippen LogP contribution in [-0.2, 0) is 9.47 Å². The van der Waals surface area contributed by atoms with Gasteiger partial charge in [0.25, 0.3) is 0 Å². The van der Waals surface area contributed by atoms with Crippen LogP contribution in [0.2, 0.25) is 26.0 Å². The summed E-state index contributed by atoms with van der Waals surface area (Å²) in [6, 6.07) is 0. The summed E-state index contributed by atoms with van der Waals surface area (Å²) in [5.74, 6) is -1.02. The van der Waals surface area contributed by atoms with Crippen molar-refractivity contribution in [1.82, 2.24) is 45.0 Å². The first kappa shape index (κ1) is 42.3. The van der Waals surface area contributed by atoms with Gasteiger partial charge in [-0.1, -0.05) is 34.8 Å². The van der Waals surface area contributed by atoms with E-state index in [2.05, 4.69) is 35.2 Å². The molecule has 0 radical (unpaired) electrons. The van der Waals surface area contributed by atoms with Crippen molar-refractivity contribution < 1.29 is 27.8 Å². The Morgan fingerprint density at radius 2 is 1.08 bits per heavy atom. The monoisotopic (exact) mass is 838 g/mol. The van der Waals surface area contributed by atoms with Gasteiger partial charge in [0.15, 0.2) is 21.9 Å². The van der Waals surface area contributed by atoms with Crippen LogP contribution >= 0.6 is 58.0 Å². The molecule has 0 spiro atoms. The number of piperazine rings is 2. The van der Waals surface area contributed by atoms with Gasteiger partial charge in [0, 0.05) is 64.8 Å². The van der Waals surface area contributed by atoms with E-state index in [-0.39, 0.29) is 60.2 Å². The van der Waals surface area contributed by atoms with Crippen LogP contribution in [0.15, 0.2) is 12.4 Å². The fourth-order valence-electron chi connectivity index (χ4n) is 4.81. The van der Waals surface area contributed by atoms with E-state index in [0.717, 1.165) is 26.2 Å². The molecule has 2 aliphatic heterocycles. The van der Waals surface area contributed by atoms with Crippen molar-refractivity contribution in [3.63, 3.8) is 0 Å². The van der Waals surface area contributed by atoms with Crippen LogP contribution in [0.4, 0.5) is 24.2 Å². The lowest BCUT2D eigenvalue weighted by atomic mass is 10.2. The lowest BCUT2D eigenvalue weighted by molar-refractivity contribution is 0.0223. The second-order valence-electron chi connectivity index (χ2n) is 13.5. The third kappa shape index (κ3) is 11.8. The number of carbonyl (C=O) groups is 2. The Labute approximate surface area is 329 Å². The van der Waals surface area contributed by atoms with E-state index in [0.29, 0.717) is 37.4 Å². The first-order chi connectivity index (χ1) is 24.7. The Kier molecular flexibility index (Phi) is 14.2. The number of pyridine rings is 2. The molecular formula is C32H37Cl5F2N10O4. The fourth-order valence-corrected chi connectivity index (χ4v) is 5.68. The van der Waals surface area contributed by atoms with E-state index < -0.39 is 17.2 Å². The molecule has 0 saturated carbocycles. The Balaban J connectivity index is 0.000000196. The van der Waals surface area contributed by atoms with Crippen molar-refractivity contribution in [2.45, 2.75) is 52.7 Å². The maximum atomic E-state index is 14.2. The molecule has 14 nitrogen and oxygen atoms in total.